The van der Waals surface area contributed by atoms with Crippen LogP contribution in [0, 0.1) is 11.8 Å². The molecule has 146 valence electrons. The zero-order chi connectivity index (χ0) is 19.8. The van der Waals surface area contributed by atoms with Crippen molar-refractivity contribution in [2.45, 2.75) is 19.4 Å². The SMILES string of the molecule is CC(=O)N1C[C@H]2CN(C(=O)Cc3c[nH]c(=O)[nH]c3=O)C[C@H]2[C@H]1c1ccccc1. The zero-order valence-electron chi connectivity index (χ0n) is 15.6. The summed E-state index contributed by atoms with van der Waals surface area (Å²) in [6.07, 6.45) is 1.23. The number of hydrogen-bond donors (Lipinski definition) is 2. The van der Waals surface area contributed by atoms with Crippen LogP contribution >= 0.6 is 0 Å². The molecule has 0 radical (unpaired) electrons. The van der Waals surface area contributed by atoms with Gasteiger partial charge >= 0.3 is 5.69 Å². The quantitative estimate of drug-likeness (QED) is 0.795. The van der Waals surface area contributed by atoms with E-state index in [4.69, 9.17) is 0 Å². The molecule has 1 aromatic heterocycles. The lowest BCUT2D eigenvalue weighted by molar-refractivity contribution is -0.131. The average molecular weight is 382 g/mol. The van der Waals surface area contributed by atoms with E-state index in [1.807, 2.05) is 35.2 Å². The van der Waals surface area contributed by atoms with Crippen molar-refractivity contribution >= 4 is 11.8 Å². The number of rotatable bonds is 3. The number of amides is 2. The highest BCUT2D eigenvalue weighted by Gasteiger charge is 2.49. The van der Waals surface area contributed by atoms with Gasteiger partial charge in [0.15, 0.2) is 0 Å². The van der Waals surface area contributed by atoms with E-state index in [0.29, 0.717) is 19.6 Å². The number of aromatic nitrogens is 2. The van der Waals surface area contributed by atoms with Crippen LogP contribution in [0.15, 0.2) is 46.1 Å². The molecule has 2 aliphatic rings. The summed E-state index contributed by atoms with van der Waals surface area (Å²) in [6, 6.07) is 9.86. The van der Waals surface area contributed by atoms with E-state index in [-0.39, 0.29) is 41.7 Å². The van der Waals surface area contributed by atoms with E-state index in [0.717, 1.165) is 5.56 Å². The Balaban J connectivity index is 1.52. The number of H-pyrrole nitrogens is 2. The standard InChI is InChI=1S/C20H22N4O4/c1-12(25)24-10-15-9-23(11-16(15)18(24)13-5-3-2-4-6-13)17(26)7-14-8-21-20(28)22-19(14)27/h2-6,8,15-16,18H,7,9-11H2,1H3,(H2,21,22,27,28)/t15-,16-,18-/m1/s1. The minimum Gasteiger partial charge on any atom is -0.342 e. The average Bonchev–Trinajstić information content (AvgIpc) is 3.22. The fraction of sp³-hybridized carbons (Fsp3) is 0.400. The number of carbonyl (C=O) groups is 2. The Bertz CT molecular complexity index is 1010. The Morgan fingerprint density at radius 2 is 1.86 bits per heavy atom. The molecule has 1 aromatic carbocycles. The van der Waals surface area contributed by atoms with Gasteiger partial charge in [0.1, 0.15) is 0 Å². The van der Waals surface area contributed by atoms with Crippen molar-refractivity contribution in [1.29, 1.82) is 0 Å². The lowest BCUT2D eigenvalue weighted by Crippen LogP contribution is -2.38. The normalized spacial score (nSPS) is 23.7. The molecule has 0 aliphatic carbocycles. The van der Waals surface area contributed by atoms with Gasteiger partial charge in [0.25, 0.3) is 5.56 Å². The van der Waals surface area contributed by atoms with Crippen molar-refractivity contribution in [3.8, 4) is 0 Å². The Kier molecular flexibility index (Phi) is 4.62. The lowest BCUT2D eigenvalue weighted by Gasteiger charge is -2.29. The molecule has 3 atom stereocenters. The first kappa shape index (κ1) is 18.2. The molecule has 8 nitrogen and oxygen atoms in total. The third kappa shape index (κ3) is 3.26. The van der Waals surface area contributed by atoms with Crippen LogP contribution in [0.1, 0.15) is 24.1 Å². The van der Waals surface area contributed by atoms with Gasteiger partial charge in [0.05, 0.1) is 12.5 Å². The Labute approximate surface area is 161 Å². The molecular formula is C20H22N4O4. The zero-order valence-corrected chi connectivity index (χ0v) is 15.6. The minimum atomic E-state index is -0.591. The number of benzene rings is 1. The second kappa shape index (κ2) is 7.10. The van der Waals surface area contributed by atoms with Crippen molar-refractivity contribution in [2.24, 2.45) is 11.8 Å². The Morgan fingerprint density at radius 1 is 1.11 bits per heavy atom. The summed E-state index contributed by atoms with van der Waals surface area (Å²) in [5.74, 6) is 0.282. The summed E-state index contributed by atoms with van der Waals surface area (Å²) in [5, 5.41) is 0. The van der Waals surface area contributed by atoms with Gasteiger partial charge in [-0.3, -0.25) is 19.4 Å². The topological polar surface area (TPSA) is 106 Å². The van der Waals surface area contributed by atoms with Crippen LogP contribution in [0.5, 0.6) is 0 Å². The second-order valence-corrected chi connectivity index (χ2v) is 7.52. The Hall–Kier alpha value is -3.16. The van der Waals surface area contributed by atoms with Crippen LogP contribution in [-0.4, -0.2) is 51.2 Å². The van der Waals surface area contributed by atoms with Crippen LogP contribution in [0.4, 0.5) is 0 Å². The van der Waals surface area contributed by atoms with Crippen molar-refractivity contribution in [3.05, 3.63) is 68.5 Å². The molecule has 2 aliphatic heterocycles. The van der Waals surface area contributed by atoms with Gasteiger partial charge in [-0.25, -0.2) is 4.79 Å². The highest BCUT2D eigenvalue weighted by atomic mass is 16.2. The molecular weight excluding hydrogens is 360 g/mol. The third-order valence-corrected chi connectivity index (χ3v) is 5.80. The van der Waals surface area contributed by atoms with Crippen LogP contribution in [0.2, 0.25) is 0 Å². The van der Waals surface area contributed by atoms with E-state index in [2.05, 4.69) is 9.97 Å². The molecule has 0 saturated carbocycles. The number of carbonyl (C=O) groups excluding carboxylic acids is 2. The fourth-order valence-corrected chi connectivity index (χ4v) is 4.49. The molecule has 2 N–H and O–H groups in total. The van der Waals surface area contributed by atoms with Gasteiger partial charge in [-0.15, -0.1) is 0 Å². The molecule has 8 heteroatoms. The number of nitrogens with zero attached hydrogens (tertiary/aromatic N) is 2. The molecule has 0 spiro atoms. The molecule has 2 fully saturated rings. The highest BCUT2D eigenvalue weighted by Crippen LogP contribution is 2.44. The summed E-state index contributed by atoms with van der Waals surface area (Å²) in [4.78, 5) is 56.1. The maximum Gasteiger partial charge on any atom is 0.325 e. The number of hydrogen-bond acceptors (Lipinski definition) is 4. The van der Waals surface area contributed by atoms with E-state index >= 15 is 0 Å². The summed E-state index contributed by atoms with van der Waals surface area (Å²) < 4.78 is 0. The van der Waals surface area contributed by atoms with Crippen LogP contribution < -0.4 is 11.2 Å². The van der Waals surface area contributed by atoms with Crippen LogP contribution in [0.3, 0.4) is 0 Å². The minimum absolute atomic E-state index is 0.0425. The van der Waals surface area contributed by atoms with E-state index < -0.39 is 11.2 Å². The predicted molar refractivity (Wildman–Crippen MR) is 102 cm³/mol. The number of nitrogens with one attached hydrogen (secondary N) is 2. The predicted octanol–water partition coefficient (Wildman–Crippen LogP) is 0.284. The van der Waals surface area contributed by atoms with Crippen molar-refractivity contribution in [1.82, 2.24) is 19.8 Å². The molecule has 3 heterocycles. The van der Waals surface area contributed by atoms with E-state index in [9.17, 15) is 19.2 Å². The van der Waals surface area contributed by atoms with E-state index in [1.54, 1.807) is 11.8 Å². The number of fused-ring (bicyclic) bond motifs is 1. The maximum absolute atomic E-state index is 12.7. The monoisotopic (exact) mass is 382 g/mol. The first-order chi connectivity index (χ1) is 13.4. The van der Waals surface area contributed by atoms with Crippen molar-refractivity contribution < 1.29 is 9.59 Å². The molecule has 2 amide bonds. The van der Waals surface area contributed by atoms with Gasteiger partial charge in [0, 0.05) is 50.2 Å². The fourth-order valence-electron chi connectivity index (χ4n) is 4.49. The largest absolute Gasteiger partial charge is 0.342 e. The number of aromatic amines is 2. The second-order valence-electron chi connectivity index (χ2n) is 7.52. The summed E-state index contributed by atoms with van der Waals surface area (Å²) >= 11 is 0. The molecule has 4 rings (SSSR count). The van der Waals surface area contributed by atoms with Gasteiger partial charge in [-0.1, -0.05) is 30.3 Å². The molecule has 28 heavy (non-hydrogen) atoms. The smallest absolute Gasteiger partial charge is 0.325 e. The van der Waals surface area contributed by atoms with Gasteiger partial charge in [-0.2, -0.15) is 0 Å². The number of likely N-dealkylation sites (tertiary alicyclic amines) is 2. The van der Waals surface area contributed by atoms with Crippen molar-refractivity contribution in [2.75, 3.05) is 19.6 Å². The molecule has 2 saturated heterocycles. The van der Waals surface area contributed by atoms with Crippen LogP contribution in [0.25, 0.3) is 0 Å². The Morgan fingerprint density at radius 3 is 2.54 bits per heavy atom. The van der Waals surface area contributed by atoms with Gasteiger partial charge in [0.2, 0.25) is 11.8 Å². The van der Waals surface area contributed by atoms with Gasteiger partial charge < -0.3 is 14.8 Å². The molecule has 0 bridgehead atoms. The summed E-state index contributed by atoms with van der Waals surface area (Å²) in [7, 11) is 0. The molecule has 0 unspecified atom stereocenters. The lowest BCUT2D eigenvalue weighted by atomic mass is 9.89. The van der Waals surface area contributed by atoms with E-state index in [1.165, 1.54) is 6.20 Å². The molecule has 2 aromatic rings. The highest BCUT2D eigenvalue weighted by molar-refractivity contribution is 5.79. The first-order valence-electron chi connectivity index (χ1n) is 9.35. The third-order valence-electron chi connectivity index (χ3n) is 5.80. The van der Waals surface area contributed by atoms with Crippen molar-refractivity contribution in [3.63, 3.8) is 0 Å². The maximum atomic E-state index is 12.7. The summed E-state index contributed by atoms with van der Waals surface area (Å²) in [5.41, 5.74) is 0.191. The first-order valence-corrected chi connectivity index (χ1v) is 9.35. The van der Waals surface area contributed by atoms with Crippen LogP contribution in [-0.2, 0) is 16.0 Å². The van der Waals surface area contributed by atoms with Gasteiger partial charge in [-0.05, 0) is 5.56 Å². The summed E-state index contributed by atoms with van der Waals surface area (Å²) in [6.45, 7) is 3.33.